The molecule has 0 aliphatic carbocycles. The molecular weight excluding hydrogens is 306 g/mol. The molecule has 0 bridgehead atoms. The minimum atomic E-state index is -0.445. The van der Waals surface area contributed by atoms with Crippen LogP contribution in [0.3, 0.4) is 0 Å². The predicted molar refractivity (Wildman–Crippen MR) is 90.0 cm³/mol. The van der Waals surface area contributed by atoms with E-state index in [9.17, 15) is 4.79 Å². The summed E-state index contributed by atoms with van der Waals surface area (Å²) in [6.07, 6.45) is 0. The molecule has 1 N–H and O–H groups in total. The van der Waals surface area contributed by atoms with E-state index >= 15 is 0 Å². The highest BCUT2D eigenvalue weighted by molar-refractivity contribution is 8.00. The van der Waals surface area contributed by atoms with Gasteiger partial charge in [0.15, 0.2) is 0 Å². The zero-order chi connectivity index (χ0) is 16.0. The summed E-state index contributed by atoms with van der Waals surface area (Å²) in [5.41, 5.74) is 0.657. The lowest BCUT2D eigenvalue weighted by molar-refractivity contribution is -0.151. The molecule has 0 amide bonds. The minimum absolute atomic E-state index is 0.204. The van der Waals surface area contributed by atoms with Gasteiger partial charge in [-0.2, -0.15) is 0 Å². The fourth-order valence-corrected chi connectivity index (χ4v) is 2.66. The number of nitrogens with one attached hydrogen (secondary N) is 1. The SMILES string of the molecule is CC(C)NCc1cc(Cl)ccc1SCC(=O)OC(C)(C)C. The largest absolute Gasteiger partial charge is 0.459 e. The lowest BCUT2D eigenvalue weighted by atomic mass is 10.2. The van der Waals surface area contributed by atoms with Crippen molar-refractivity contribution >= 4 is 29.3 Å². The summed E-state index contributed by atoms with van der Waals surface area (Å²) in [5, 5.41) is 4.07. The van der Waals surface area contributed by atoms with Gasteiger partial charge in [0, 0.05) is 22.5 Å². The van der Waals surface area contributed by atoms with Crippen molar-refractivity contribution in [2.45, 2.75) is 57.7 Å². The van der Waals surface area contributed by atoms with Gasteiger partial charge < -0.3 is 10.1 Å². The number of benzene rings is 1. The van der Waals surface area contributed by atoms with Crippen LogP contribution in [0.4, 0.5) is 0 Å². The Balaban J connectivity index is 2.67. The molecule has 0 aliphatic rings. The number of esters is 1. The topological polar surface area (TPSA) is 38.3 Å². The molecule has 1 aromatic rings. The van der Waals surface area contributed by atoms with Gasteiger partial charge in [0.05, 0.1) is 5.75 Å². The van der Waals surface area contributed by atoms with Crippen molar-refractivity contribution in [2.24, 2.45) is 0 Å². The van der Waals surface area contributed by atoms with Crippen LogP contribution in [-0.4, -0.2) is 23.4 Å². The molecule has 0 radical (unpaired) electrons. The number of ether oxygens (including phenoxy) is 1. The van der Waals surface area contributed by atoms with Crippen molar-refractivity contribution in [2.75, 3.05) is 5.75 Å². The third kappa shape index (κ3) is 7.74. The van der Waals surface area contributed by atoms with Crippen molar-refractivity contribution in [3.05, 3.63) is 28.8 Å². The van der Waals surface area contributed by atoms with Crippen molar-refractivity contribution < 1.29 is 9.53 Å². The maximum atomic E-state index is 11.8. The molecule has 1 rings (SSSR count). The van der Waals surface area contributed by atoms with Crippen LogP contribution in [-0.2, 0) is 16.1 Å². The van der Waals surface area contributed by atoms with Gasteiger partial charge >= 0.3 is 5.97 Å². The summed E-state index contributed by atoms with van der Waals surface area (Å²) in [4.78, 5) is 12.8. The number of hydrogen-bond donors (Lipinski definition) is 1. The first-order chi connectivity index (χ1) is 9.67. The molecule has 0 heterocycles. The summed E-state index contributed by atoms with van der Waals surface area (Å²) < 4.78 is 5.32. The van der Waals surface area contributed by atoms with Gasteiger partial charge in [-0.1, -0.05) is 25.4 Å². The van der Waals surface area contributed by atoms with Crippen LogP contribution in [0.2, 0.25) is 5.02 Å². The fourth-order valence-electron chi connectivity index (χ4n) is 1.65. The monoisotopic (exact) mass is 329 g/mol. The van der Waals surface area contributed by atoms with E-state index in [1.165, 1.54) is 11.8 Å². The average Bonchev–Trinajstić information content (AvgIpc) is 2.33. The second-order valence-corrected chi connectivity index (χ2v) is 7.62. The van der Waals surface area contributed by atoms with Crippen LogP contribution in [0.1, 0.15) is 40.2 Å². The Morgan fingerprint density at radius 1 is 1.38 bits per heavy atom. The van der Waals surface area contributed by atoms with Gasteiger partial charge in [-0.05, 0) is 44.5 Å². The maximum absolute atomic E-state index is 11.8. The van der Waals surface area contributed by atoms with Crippen molar-refractivity contribution in [1.29, 1.82) is 0 Å². The van der Waals surface area contributed by atoms with Gasteiger partial charge in [0.25, 0.3) is 0 Å². The lowest BCUT2D eigenvalue weighted by Gasteiger charge is -2.19. The molecule has 0 spiro atoms. The lowest BCUT2D eigenvalue weighted by Crippen LogP contribution is -2.25. The van der Waals surface area contributed by atoms with E-state index in [1.807, 2.05) is 39.0 Å². The Hall–Kier alpha value is -0.710. The second kappa shape index (κ2) is 8.06. The van der Waals surface area contributed by atoms with E-state index in [2.05, 4.69) is 19.2 Å². The van der Waals surface area contributed by atoms with E-state index < -0.39 is 5.60 Å². The Labute approximate surface area is 136 Å². The molecule has 0 atom stereocenters. The number of carbonyl (C=O) groups is 1. The van der Waals surface area contributed by atoms with Gasteiger partial charge in [0.2, 0.25) is 0 Å². The van der Waals surface area contributed by atoms with Gasteiger partial charge in [-0.15, -0.1) is 11.8 Å². The zero-order valence-electron chi connectivity index (χ0n) is 13.3. The Morgan fingerprint density at radius 2 is 2.05 bits per heavy atom. The summed E-state index contributed by atoms with van der Waals surface area (Å²) in [5.74, 6) is 0.0957. The Morgan fingerprint density at radius 3 is 2.62 bits per heavy atom. The van der Waals surface area contributed by atoms with Crippen molar-refractivity contribution in [1.82, 2.24) is 5.32 Å². The van der Waals surface area contributed by atoms with E-state index in [-0.39, 0.29) is 5.97 Å². The highest BCUT2D eigenvalue weighted by Gasteiger charge is 2.17. The van der Waals surface area contributed by atoms with Crippen LogP contribution in [0, 0.1) is 0 Å². The highest BCUT2D eigenvalue weighted by atomic mass is 35.5. The quantitative estimate of drug-likeness (QED) is 0.624. The standard InChI is InChI=1S/C16H24ClNO2S/c1-11(2)18-9-12-8-13(17)6-7-14(12)21-10-15(19)20-16(3,4)5/h6-8,11,18H,9-10H2,1-5H3. The molecule has 0 saturated heterocycles. The molecule has 3 nitrogen and oxygen atoms in total. The average molecular weight is 330 g/mol. The van der Waals surface area contributed by atoms with Crippen LogP contribution < -0.4 is 5.32 Å². The van der Waals surface area contributed by atoms with E-state index in [0.717, 1.165) is 17.0 Å². The molecule has 21 heavy (non-hydrogen) atoms. The van der Waals surface area contributed by atoms with Crippen LogP contribution in [0.25, 0.3) is 0 Å². The molecule has 5 heteroatoms. The first-order valence-corrected chi connectivity index (χ1v) is 8.40. The summed E-state index contributed by atoms with van der Waals surface area (Å²) >= 11 is 7.54. The van der Waals surface area contributed by atoms with Gasteiger partial charge in [-0.25, -0.2) is 0 Å². The summed E-state index contributed by atoms with van der Waals surface area (Å²) in [7, 11) is 0. The second-order valence-electron chi connectivity index (χ2n) is 6.16. The number of carbonyl (C=O) groups excluding carboxylic acids is 1. The number of rotatable bonds is 6. The highest BCUT2D eigenvalue weighted by Crippen LogP contribution is 2.26. The molecule has 1 aromatic carbocycles. The van der Waals surface area contributed by atoms with Crippen LogP contribution >= 0.6 is 23.4 Å². The van der Waals surface area contributed by atoms with Crippen LogP contribution in [0.15, 0.2) is 23.1 Å². The van der Waals surface area contributed by atoms with E-state index in [0.29, 0.717) is 16.8 Å². The predicted octanol–water partition coefficient (Wildman–Crippen LogP) is 4.27. The van der Waals surface area contributed by atoms with Gasteiger partial charge in [0.1, 0.15) is 5.60 Å². The molecule has 0 aromatic heterocycles. The first kappa shape index (κ1) is 18.3. The molecule has 0 saturated carbocycles. The molecule has 0 fully saturated rings. The van der Waals surface area contributed by atoms with Crippen LogP contribution in [0.5, 0.6) is 0 Å². The van der Waals surface area contributed by atoms with E-state index in [1.54, 1.807) is 0 Å². The maximum Gasteiger partial charge on any atom is 0.316 e. The molecular formula is C16H24ClNO2S. The Kier molecular flexibility index (Phi) is 7.04. The number of halogens is 1. The van der Waals surface area contributed by atoms with Gasteiger partial charge in [-0.3, -0.25) is 4.79 Å². The number of hydrogen-bond acceptors (Lipinski definition) is 4. The Bertz CT molecular complexity index is 484. The minimum Gasteiger partial charge on any atom is -0.459 e. The van der Waals surface area contributed by atoms with Crippen molar-refractivity contribution in [3.63, 3.8) is 0 Å². The fraction of sp³-hybridized carbons (Fsp3) is 0.562. The third-order valence-corrected chi connectivity index (χ3v) is 3.81. The molecule has 118 valence electrons. The zero-order valence-corrected chi connectivity index (χ0v) is 14.9. The van der Waals surface area contributed by atoms with E-state index in [4.69, 9.17) is 16.3 Å². The first-order valence-electron chi connectivity index (χ1n) is 7.04. The smallest absolute Gasteiger partial charge is 0.316 e. The number of thioether (sulfide) groups is 1. The molecule has 0 unspecified atom stereocenters. The normalized spacial score (nSPS) is 11.8. The summed E-state index contributed by atoms with van der Waals surface area (Å²) in [6, 6.07) is 6.13. The van der Waals surface area contributed by atoms with Crippen molar-refractivity contribution in [3.8, 4) is 0 Å². The molecule has 0 aliphatic heterocycles. The third-order valence-electron chi connectivity index (χ3n) is 2.49. The summed E-state index contributed by atoms with van der Waals surface area (Å²) in [6.45, 7) is 10.5.